The Morgan fingerprint density at radius 3 is 2.09 bits per heavy atom. The Hall–Kier alpha value is -2.82. The van der Waals surface area contributed by atoms with Gasteiger partial charge in [-0.25, -0.2) is 4.79 Å². The van der Waals surface area contributed by atoms with Crippen LogP contribution in [-0.2, 0) is 22.6 Å². The molecule has 252 valence electrons. The van der Waals surface area contributed by atoms with Crippen molar-refractivity contribution < 1.29 is 23.2 Å². The molecule has 0 N–H and O–H groups in total. The molecule has 2 aromatic rings. The first-order valence-corrected chi connectivity index (χ1v) is 22.5. The zero-order chi connectivity index (χ0) is 34.3. The number of carbonyl (C=O) groups is 1. The number of rotatable bonds is 7. The molecule has 0 radical (unpaired) electrons. The van der Waals surface area contributed by atoms with E-state index in [-0.39, 0.29) is 22.6 Å². The van der Waals surface area contributed by atoms with E-state index in [1.54, 1.807) is 0 Å². The number of hydrogen-bond donors (Lipinski definition) is 0. The number of halogens is 1. The molecular weight excluding hydrogens is 630 g/mol. The number of ether oxygens (including phenoxy) is 1. The number of cyclic esters (lactones) is 1. The van der Waals surface area contributed by atoms with E-state index in [1.807, 2.05) is 49.4 Å². The fourth-order valence-corrected chi connectivity index (χ4v) is 6.59. The third-order valence-electron chi connectivity index (χ3n) is 9.21. The molecule has 0 fully saturated rings. The predicted molar refractivity (Wildman–Crippen MR) is 196 cm³/mol. The molecule has 0 saturated carbocycles. The molecule has 46 heavy (non-hydrogen) atoms. The predicted octanol–water partition coefficient (Wildman–Crippen LogP) is 11.1. The molecule has 0 spiro atoms. The smallest absolute Gasteiger partial charge is 0.342 e. The van der Waals surface area contributed by atoms with Gasteiger partial charge in [0.15, 0.2) is 0 Å². The van der Waals surface area contributed by atoms with Gasteiger partial charge in [0, 0.05) is 18.9 Å². The summed E-state index contributed by atoms with van der Waals surface area (Å²) in [5.41, 5.74) is 2.51. The highest BCUT2D eigenvalue weighted by Crippen LogP contribution is 2.46. The molecule has 0 bridgehead atoms. The van der Waals surface area contributed by atoms with Crippen LogP contribution in [0.1, 0.15) is 89.2 Å². The van der Waals surface area contributed by atoms with E-state index in [2.05, 4.69) is 91.1 Å². The number of esters is 1. The van der Waals surface area contributed by atoms with Crippen molar-refractivity contribution >= 4 is 39.9 Å². The van der Waals surface area contributed by atoms with Crippen LogP contribution in [0.5, 0.6) is 11.5 Å². The van der Waals surface area contributed by atoms with E-state index in [4.69, 9.17) is 30.0 Å². The van der Waals surface area contributed by atoms with Gasteiger partial charge in [-0.15, -0.1) is 0 Å². The van der Waals surface area contributed by atoms with E-state index >= 15 is 0 Å². The standard InChI is InChI=1S/C37H54ClNO5Si2/c1-27-20-16-13-12-14-19-23-29(39-41-26-28-21-17-15-18-22-28)24-30-33(35(40)42-27)31(43-45(8,9)36(2,3)4)25-32(34(30)38)44-46(10,11)37(5,6)7/h13,15-19,21-23,25,27H,12,14,20,24,26H2,1-11H3/b16-13+,23-19+,39-29-/t27-/m1/s1. The van der Waals surface area contributed by atoms with E-state index in [0.29, 0.717) is 46.4 Å². The Balaban J connectivity index is 2.27. The summed E-state index contributed by atoms with van der Waals surface area (Å²) in [6.45, 7) is 24.0. The third kappa shape index (κ3) is 10.1. The summed E-state index contributed by atoms with van der Waals surface area (Å²) in [5, 5.41) is 4.72. The molecule has 0 aliphatic carbocycles. The zero-order valence-electron chi connectivity index (χ0n) is 29.8. The molecule has 1 atom stereocenters. The van der Waals surface area contributed by atoms with Crippen LogP contribution in [0, 0.1) is 0 Å². The van der Waals surface area contributed by atoms with E-state index in [9.17, 15) is 4.79 Å². The van der Waals surface area contributed by atoms with Gasteiger partial charge in [-0.05, 0) is 73.2 Å². The largest absolute Gasteiger partial charge is 0.543 e. The minimum Gasteiger partial charge on any atom is -0.543 e. The summed E-state index contributed by atoms with van der Waals surface area (Å²) in [7, 11) is -4.75. The van der Waals surface area contributed by atoms with Crippen molar-refractivity contribution in [3.05, 3.63) is 82.4 Å². The number of fused-ring (bicyclic) bond motifs is 1. The molecule has 9 heteroatoms. The quantitative estimate of drug-likeness (QED) is 0.126. The van der Waals surface area contributed by atoms with Crippen molar-refractivity contribution in [2.75, 3.05) is 0 Å². The number of hydrogen-bond acceptors (Lipinski definition) is 6. The van der Waals surface area contributed by atoms with Gasteiger partial charge in [-0.2, -0.15) is 0 Å². The van der Waals surface area contributed by atoms with Crippen molar-refractivity contribution in [1.29, 1.82) is 0 Å². The zero-order valence-corrected chi connectivity index (χ0v) is 32.5. The first-order valence-electron chi connectivity index (χ1n) is 16.3. The number of benzene rings is 2. The highest BCUT2D eigenvalue weighted by molar-refractivity contribution is 6.75. The maximum atomic E-state index is 14.2. The van der Waals surface area contributed by atoms with Gasteiger partial charge in [0.2, 0.25) is 0 Å². The van der Waals surface area contributed by atoms with Crippen LogP contribution in [0.2, 0.25) is 41.3 Å². The van der Waals surface area contributed by atoms with Crippen molar-refractivity contribution in [2.45, 2.75) is 123 Å². The molecule has 6 nitrogen and oxygen atoms in total. The summed E-state index contributed by atoms with van der Waals surface area (Å²) in [6.07, 6.45) is 10.4. The number of allylic oxidation sites excluding steroid dienone is 3. The lowest BCUT2D eigenvalue weighted by Crippen LogP contribution is -2.45. The van der Waals surface area contributed by atoms with Crippen molar-refractivity contribution in [2.24, 2.45) is 5.16 Å². The normalized spacial score (nSPS) is 19.4. The van der Waals surface area contributed by atoms with Crippen LogP contribution in [0.4, 0.5) is 0 Å². The number of oxime groups is 1. The second kappa shape index (κ2) is 15.4. The summed E-state index contributed by atoms with van der Waals surface area (Å²) >= 11 is 7.28. The van der Waals surface area contributed by atoms with Crippen molar-refractivity contribution in [3.8, 4) is 11.5 Å². The topological polar surface area (TPSA) is 66.3 Å². The maximum Gasteiger partial charge on any atom is 0.342 e. The average molecular weight is 684 g/mol. The van der Waals surface area contributed by atoms with E-state index in [1.165, 1.54) is 0 Å². The molecule has 1 aliphatic rings. The first kappa shape index (κ1) is 37.6. The minimum absolute atomic E-state index is 0.0775. The van der Waals surface area contributed by atoms with Gasteiger partial charge in [0.1, 0.15) is 29.8 Å². The van der Waals surface area contributed by atoms with Crippen LogP contribution in [0.3, 0.4) is 0 Å². The van der Waals surface area contributed by atoms with Gasteiger partial charge >= 0.3 is 5.97 Å². The molecule has 3 rings (SSSR count). The second-order valence-corrected chi connectivity index (χ2v) is 25.0. The van der Waals surface area contributed by atoms with Gasteiger partial charge in [0.05, 0.1) is 10.7 Å². The minimum atomic E-state index is -2.42. The molecular formula is C37H54ClNO5Si2. The van der Waals surface area contributed by atoms with Crippen LogP contribution < -0.4 is 8.85 Å². The van der Waals surface area contributed by atoms with E-state index in [0.717, 1.165) is 18.4 Å². The van der Waals surface area contributed by atoms with Crippen LogP contribution >= 0.6 is 11.6 Å². The fraction of sp³-hybridized carbons (Fsp3) is 0.514. The van der Waals surface area contributed by atoms with Crippen molar-refractivity contribution in [1.82, 2.24) is 0 Å². The lowest BCUT2D eigenvalue weighted by atomic mass is 9.99. The first-order chi connectivity index (χ1) is 21.3. The monoisotopic (exact) mass is 683 g/mol. The van der Waals surface area contributed by atoms with Gasteiger partial charge in [-0.1, -0.05) is 107 Å². The second-order valence-electron chi connectivity index (χ2n) is 15.2. The lowest BCUT2D eigenvalue weighted by molar-refractivity contribution is 0.0344. The summed E-state index contributed by atoms with van der Waals surface area (Å²) in [5.74, 6) is 0.475. The van der Waals surface area contributed by atoms with Gasteiger partial charge in [-0.3, -0.25) is 0 Å². The summed E-state index contributed by atoms with van der Waals surface area (Å²) in [4.78, 5) is 20.0. The lowest BCUT2D eigenvalue weighted by Gasteiger charge is -2.39. The van der Waals surface area contributed by atoms with E-state index < -0.39 is 22.6 Å². The van der Waals surface area contributed by atoms with Crippen LogP contribution in [-0.4, -0.2) is 34.4 Å². The van der Waals surface area contributed by atoms with Crippen molar-refractivity contribution in [3.63, 3.8) is 0 Å². The maximum absolute atomic E-state index is 14.2. The molecule has 0 unspecified atom stereocenters. The summed E-state index contributed by atoms with van der Waals surface area (Å²) < 4.78 is 19.8. The Morgan fingerprint density at radius 2 is 1.48 bits per heavy atom. The number of carbonyl (C=O) groups excluding carboxylic acids is 1. The summed E-state index contributed by atoms with van der Waals surface area (Å²) in [6, 6.07) is 11.7. The SMILES string of the molecule is C[C@@H]1C/C=C/CC/C=C/C(=N/OCc2ccccc2)Cc2c(Cl)c(O[Si](C)(C)C(C)(C)C)cc(O[Si](C)(C)C(C)(C)C)c2C(=O)O1. The van der Waals surface area contributed by atoms with Crippen LogP contribution in [0.15, 0.2) is 65.9 Å². The highest BCUT2D eigenvalue weighted by atomic mass is 35.5. The highest BCUT2D eigenvalue weighted by Gasteiger charge is 2.43. The van der Waals surface area contributed by atoms with Gasteiger partial charge in [0.25, 0.3) is 16.6 Å². The Labute approximate surface area is 284 Å². The number of nitrogens with zero attached hydrogens (tertiary/aromatic N) is 1. The average Bonchev–Trinajstić information content (AvgIpc) is 2.93. The fourth-order valence-electron chi connectivity index (χ4n) is 4.24. The molecule has 0 saturated heterocycles. The molecule has 0 aromatic heterocycles. The molecule has 0 amide bonds. The van der Waals surface area contributed by atoms with Gasteiger partial charge < -0.3 is 18.4 Å². The Morgan fingerprint density at radius 1 is 0.891 bits per heavy atom. The molecule has 1 aliphatic heterocycles. The molecule has 1 heterocycles. The van der Waals surface area contributed by atoms with Crippen LogP contribution in [0.25, 0.3) is 0 Å². The Bertz CT molecular complexity index is 1440. The third-order valence-corrected chi connectivity index (χ3v) is 18.3. The Kier molecular flexibility index (Phi) is 12.6. The molecule has 2 aromatic carbocycles.